The highest BCUT2D eigenvalue weighted by molar-refractivity contribution is 5.85. The minimum absolute atomic E-state index is 0. The summed E-state index contributed by atoms with van der Waals surface area (Å²) in [5.41, 5.74) is 0. The van der Waals surface area contributed by atoms with Crippen molar-refractivity contribution in [3.8, 4) is 0 Å². The van der Waals surface area contributed by atoms with Crippen LogP contribution in [0.5, 0.6) is 0 Å². The SMILES string of the molecule is CC(C)N1CCC(ON)C1.Cl. The number of hydrogen-bond acceptors (Lipinski definition) is 3. The quantitative estimate of drug-likeness (QED) is 0.639. The fraction of sp³-hybridized carbons (Fsp3) is 1.00. The summed E-state index contributed by atoms with van der Waals surface area (Å²) in [7, 11) is 0. The van der Waals surface area contributed by atoms with E-state index in [0.29, 0.717) is 6.04 Å². The molecule has 0 bridgehead atoms. The van der Waals surface area contributed by atoms with Crippen molar-refractivity contribution in [3.63, 3.8) is 0 Å². The standard InChI is InChI=1S/C7H16N2O.ClH/c1-6(2)9-4-3-7(5-9)10-8;/h6-7H,3-5,8H2,1-2H3;1H. The lowest BCUT2D eigenvalue weighted by Gasteiger charge is -2.19. The summed E-state index contributed by atoms with van der Waals surface area (Å²) in [6, 6.07) is 0.625. The molecule has 4 heteroatoms. The van der Waals surface area contributed by atoms with Crippen LogP contribution in [0.1, 0.15) is 20.3 Å². The largest absolute Gasteiger partial charge is 0.300 e. The lowest BCUT2D eigenvalue weighted by atomic mass is 10.3. The molecule has 0 radical (unpaired) electrons. The summed E-state index contributed by atoms with van der Waals surface area (Å²) in [5.74, 6) is 5.07. The molecule has 3 nitrogen and oxygen atoms in total. The van der Waals surface area contributed by atoms with Crippen LogP contribution in [0.3, 0.4) is 0 Å². The Morgan fingerprint density at radius 1 is 1.55 bits per heavy atom. The maximum atomic E-state index is 5.07. The van der Waals surface area contributed by atoms with Crippen molar-refractivity contribution in [2.24, 2.45) is 5.90 Å². The van der Waals surface area contributed by atoms with Gasteiger partial charge < -0.3 is 0 Å². The highest BCUT2D eigenvalue weighted by atomic mass is 35.5. The van der Waals surface area contributed by atoms with Gasteiger partial charge in [0.25, 0.3) is 0 Å². The van der Waals surface area contributed by atoms with Gasteiger partial charge >= 0.3 is 0 Å². The number of hydrogen-bond donors (Lipinski definition) is 1. The molecule has 1 aliphatic heterocycles. The monoisotopic (exact) mass is 180 g/mol. The van der Waals surface area contributed by atoms with Gasteiger partial charge in [-0.1, -0.05) is 0 Å². The average Bonchev–Trinajstić information content (AvgIpc) is 2.34. The van der Waals surface area contributed by atoms with Crippen LogP contribution in [0.4, 0.5) is 0 Å². The van der Waals surface area contributed by atoms with E-state index in [9.17, 15) is 0 Å². The predicted octanol–water partition coefficient (Wildman–Crippen LogP) is 0.781. The van der Waals surface area contributed by atoms with Crippen LogP contribution < -0.4 is 5.90 Å². The van der Waals surface area contributed by atoms with Gasteiger partial charge in [0.05, 0.1) is 6.10 Å². The summed E-state index contributed by atoms with van der Waals surface area (Å²) < 4.78 is 0. The van der Waals surface area contributed by atoms with E-state index in [4.69, 9.17) is 10.7 Å². The number of halogens is 1. The average molecular weight is 181 g/mol. The van der Waals surface area contributed by atoms with Crippen LogP contribution in [0.25, 0.3) is 0 Å². The van der Waals surface area contributed by atoms with Gasteiger partial charge in [-0.25, -0.2) is 5.90 Å². The van der Waals surface area contributed by atoms with E-state index in [1.807, 2.05) is 0 Å². The summed E-state index contributed by atoms with van der Waals surface area (Å²) in [5, 5.41) is 0. The van der Waals surface area contributed by atoms with Crippen LogP contribution in [-0.2, 0) is 4.84 Å². The van der Waals surface area contributed by atoms with E-state index in [2.05, 4.69) is 18.7 Å². The van der Waals surface area contributed by atoms with Crippen molar-refractivity contribution in [3.05, 3.63) is 0 Å². The summed E-state index contributed by atoms with van der Waals surface area (Å²) in [4.78, 5) is 7.12. The highest BCUT2D eigenvalue weighted by Crippen LogP contribution is 2.13. The van der Waals surface area contributed by atoms with E-state index >= 15 is 0 Å². The van der Waals surface area contributed by atoms with Gasteiger partial charge in [-0.05, 0) is 20.3 Å². The van der Waals surface area contributed by atoms with Crippen molar-refractivity contribution in [1.82, 2.24) is 4.90 Å². The second-order valence-electron chi connectivity index (χ2n) is 3.14. The number of nitrogens with zero attached hydrogens (tertiary/aromatic N) is 1. The molecule has 0 amide bonds. The Morgan fingerprint density at radius 2 is 2.18 bits per heavy atom. The number of nitrogens with two attached hydrogens (primary N) is 1. The lowest BCUT2D eigenvalue weighted by Crippen LogP contribution is -2.30. The molecule has 1 rings (SSSR count). The molecule has 1 saturated heterocycles. The van der Waals surface area contributed by atoms with E-state index in [1.165, 1.54) is 0 Å². The fourth-order valence-corrected chi connectivity index (χ4v) is 1.33. The Kier molecular flexibility index (Phi) is 5.01. The van der Waals surface area contributed by atoms with Crippen LogP contribution in [-0.4, -0.2) is 30.1 Å². The first-order chi connectivity index (χ1) is 4.74. The molecular formula is C7H17ClN2O. The molecular weight excluding hydrogens is 164 g/mol. The molecule has 0 aromatic rings. The normalized spacial score (nSPS) is 25.6. The van der Waals surface area contributed by atoms with Gasteiger partial charge in [0.2, 0.25) is 0 Å². The van der Waals surface area contributed by atoms with Crippen LogP contribution in [0.15, 0.2) is 0 Å². The first kappa shape index (κ1) is 11.2. The Balaban J connectivity index is 0.000001000. The first-order valence-corrected chi connectivity index (χ1v) is 3.83. The third-order valence-electron chi connectivity index (χ3n) is 2.10. The van der Waals surface area contributed by atoms with Gasteiger partial charge in [-0.3, -0.25) is 9.74 Å². The zero-order valence-electron chi connectivity index (χ0n) is 7.12. The fourth-order valence-electron chi connectivity index (χ4n) is 1.33. The molecule has 0 saturated carbocycles. The topological polar surface area (TPSA) is 38.5 Å². The molecule has 11 heavy (non-hydrogen) atoms. The zero-order chi connectivity index (χ0) is 7.56. The first-order valence-electron chi connectivity index (χ1n) is 3.83. The van der Waals surface area contributed by atoms with E-state index < -0.39 is 0 Å². The summed E-state index contributed by atoms with van der Waals surface area (Å²) >= 11 is 0. The van der Waals surface area contributed by atoms with Crippen LogP contribution in [0, 0.1) is 0 Å². The van der Waals surface area contributed by atoms with Gasteiger partial charge in [0.1, 0.15) is 0 Å². The molecule has 1 heterocycles. The van der Waals surface area contributed by atoms with Gasteiger partial charge in [-0.2, -0.15) is 0 Å². The maximum absolute atomic E-state index is 5.07. The Bertz CT molecular complexity index is 111. The molecule has 0 spiro atoms. The number of likely N-dealkylation sites (tertiary alicyclic amines) is 1. The van der Waals surface area contributed by atoms with Gasteiger partial charge in [0.15, 0.2) is 0 Å². The summed E-state index contributed by atoms with van der Waals surface area (Å²) in [6.45, 7) is 6.51. The zero-order valence-corrected chi connectivity index (χ0v) is 7.93. The predicted molar refractivity (Wildman–Crippen MR) is 47.6 cm³/mol. The second-order valence-corrected chi connectivity index (χ2v) is 3.14. The second kappa shape index (κ2) is 4.93. The van der Waals surface area contributed by atoms with Crippen LogP contribution >= 0.6 is 12.4 Å². The molecule has 0 aromatic heterocycles. The van der Waals surface area contributed by atoms with Crippen molar-refractivity contribution in [2.75, 3.05) is 13.1 Å². The minimum Gasteiger partial charge on any atom is -0.300 e. The minimum atomic E-state index is 0. The molecule has 0 aromatic carbocycles. The molecule has 2 N–H and O–H groups in total. The Hall–Kier alpha value is 0.170. The van der Waals surface area contributed by atoms with Crippen molar-refractivity contribution in [1.29, 1.82) is 0 Å². The molecule has 1 fully saturated rings. The third-order valence-corrected chi connectivity index (χ3v) is 2.10. The van der Waals surface area contributed by atoms with Gasteiger partial charge in [-0.15, -0.1) is 12.4 Å². The molecule has 0 aliphatic carbocycles. The lowest BCUT2D eigenvalue weighted by molar-refractivity contribution is 0.0569. The molecule has 68 valence electrons. The van der Waals surface area contributed by atoms with E-state index in [-0.39, 0.29) is 18.5 Å². The smallest absolute Gasteiger partial charge is 0.0926 e. The Labute approximate surface area is 74.2 Å². The third kappa shape index (κ3) is 2.95. The maximum Gasteiger partial charge on any atom is 0.0926 e. The van der Waals surface area contributed by atoms with E-state index in [1.54, 1.807) is 0 Å². The summed E-state index contributed by atoms with van der Waals surface area (Å²) in [6.07, 6.45) is 1.34. The van der Waals surface area contributed by atoms with Crippen molar-refractivity contribution < 1.29 is 4.84 Å². The van der Waals surface area contributed by atoms with E-state index in [0.717, 1.165) is 19.5 Å². The van der Waals surface area contributed by atoms with Gasteiger partial charge in [0, 0.05) is 19.1 Å². The van der Waals surface area contributed by atoms with Crippen molar-refractivity contribution in [2.45, 2.75) is 32.4 Å². The van der Waals surface area contributed by atoms with Crippen molar-refractivity contribution >= 4 is 12.4 Å². The highest BCUT2D eigenvalue weighted by Gasteiger charge is 2.23. The van der Waals surface area contributed by atoms with Crippen LogP contribution in [0.2, 0.25) is 0 Å². The molecule has 1 unspecified atom stereocenters. The number of rotatable bonds is 2. The molecule has 1 atom stereocenters. The Morgan fingerprint density at radius 3 is 2.45 bits per heavy atom. The molecule has 1 aliphatic rings.